The number of aromatic nitrogens is 5. The fourth-order valence-electron chi connectivity index (χ4n) is 4.78. The van der Waals surface area contributed by atoms with Crippen LogP contribution in [-0.2, 0) is 4.74 Å². The lowest BCUT2D eigenvalue weighted by molar-refractivity contribution is 0.0160. The second-order valence-corrected chi connectivity index (χ2v) is 8.91. The minimum absolute atomic E-state index is 0.0582. The Bertz CT molecular complexity index is 1600. The third-order valence-corrected chi connectivity index (χ3v) is 6.55. The first kappa shape index (κ1) is 20.9. The highest BCUT2D eigenvalue weighted by Crippen LogP contribution is 2.42. The molecule has 5 heterocycles. The van der Waals surface area contributed by atoms with E-state index in [2.05, 4.69) is 36.3 Å². The second kappa shape index (κ2) is 8.35. The second-order valence-electron chi connectivity index (χ2n) is 8.91. The van der Waals surface area contributed by atoms with Crippen LogP contribution in [-0.4, -0.2) is 57.0 Å². The van der Waals surface area contributed by atoms with E-state index < -0.39 is 0 Å². The monoisotopic (exact) mass is 481 g/mol. The Morgan fingerprint density at radius 1 is 1.06 bits per heavy atom. The Hall–Kier alpha value is -4.44. The van der Waals surface area contributed by atoms with Crippen LogP contribution in [0, 0.1) is 6.92 Å². The first-order chi connectivity index (χ1) is 17.7. The Labute approximate surface area is 206 Å². The number of nitrogens with one attached hydrogen (secondary N) is 1. The van der Waals surface area contributed by atoms with Gasteiger partial charge < -0.3 is 24.4 Å². The minimum Gasteiger partial charge on any atom is -0.488 e. The number of ether oxygens (including phenoxy) is 3. The molecule has 1 atom stereocenters. The molecular formula is C26H23N7O3. The zero-order valence-corrected chi connectivity index (χ0v) is 19.6. The molecule has 0 saturated carbocycles. The molecule has 0 amide bonds. The largest absolute Gasteiger partial charge is 0.488 e. The number of rotatable bonds is 4. The average Bonchev–Trinajstić information content (AvgIpc) is 3.32. The number of anilines is 3. The third-order valence-electron chi connectivity index (χ3n) is 6.55. The molecule has 1 N–H and O–H groups in total. The van der Waals surface area contributed by atoms with E-state index in [9.17, 15) is 0 Å². The van der Waals surface area contributed by atoms with Crippen LogP contribution >= 0.6 is 0 Å². The summed E-state index contributed by atoms with van der Waals surface area (Å²) in [5.41, 5.74) is 4.47. The molecule has 36 heavy (non-hydrogen) atoms. The molecule has 180 valence electrons. The highest BCUT2D eigenvalue weighted by Gasteiger charge is 2.29. The molecule has 2 aliphatic heterocycles. The van der Waals surface area contributed by atoms with Gasteiger partial charge in [-0.1, -0.05) is 0 Å². The van der Waals surface area contributed by atoms with E-state index in [0.717, 1.165) is 58.1 Å². The number of pyridine rings is 1. The van der Waals surface area contributed by atoms with Gasteiger partial charge in [-0.25, -0.2) is 19.5 Å². The first-order valence-corrected chi connectivity index (χ1v) is 11.8. The molecular weight excluding hydrogens is 458 g/mol. The van der Waals surface area contributed by atoms with Gasteiger partial charge in [0.05, 0.1) is 23.2 Å². The van der Waals surface area contributed by atoms with E-state index in [1.807, 2.05) is 49.5 Å². The Kier molecular flexibility index (Phi) is 4.84. The smallest absolute Gasteiger partial charge is 0.158 e. The van der Waals surface area contributed by atoms with E-state index >= 15 is 0 Å². The molecule has 1 fully saturated rings. The SMILES string of the molecule is Cc1cc(Nc2ncnc3ccc4c(c23)OC[C@H]2CN4CCO2)ccc1Oc1ccn2ncnc2c1. The van der Waals surface area contributed by atoms with Crippen molar-refractivity contribution in [1.29, 1.82) is 0 Å². The maximum atomic E-state index is 6.27. The highest BCUT2D eigenvalue weighted by molar-refractivity contribution is 6.00. The Morgan fingerprint density at radius 2 is 2.03 bits per heavy atom. The molecule has 3 aromatic heterocycles. The number of hydrogen-bond acceptors (Lipinski definition) is 9. The lowest BCUT2D eigenvalue weighted by Crippen LogP contribution is -2.43. The van der Waals surface area contributed by atoms with Gasteiger partial charge in [0, 0.05) is 31.0 Å². The van der Waals surface area contributed by atoms with Gasteiger partial charge >= 0.3 is 0 Å². The maximum Gasteiger partial charge on any atom is 0.158 e. The van der Waals surface area contributed by atoms with Gasteiger partial charge in [-0.3, -0.25) is 0 Å². The summed E-state index contributed by atoms with van der Waals surface area (Å²) >= 11 is 0. The summed E-state index contributed by atoms with van der Waals surface area (Å²) in [6.07, 6.45) is 4.97. The van der Waals surface area contributed by atoms with E-state index in [4.69, 9.17) is 14.2 Å². The number of morpholine rings is 1. The molecule has 0 spiro atoms. The van der Waals surface area contributed by atoms with Gasteiger partial charge in [-0.2, -0.15) is 5.10 Å². The predicted molar refractivity (Wildman–Crippen MR) is 135 cm³/mol. The van der Waals surface area contributed by atoms with Gasteiger partial charge in [0.15, 0.2) is 11.4 Å². The van der Waals surface area contributed by atoms with E-state index in [1.54, 1.807) is 10.8 Å². The van der Waals surface area contributed by atoms with Crippen LogP contribution in [0.25, 0.3) is 16.6 Å². The van der Waals surface area contributed by atoms with Crippen molar-refractivity contribution in [1.82, 2.24) is 24.6 Å². The highest BCUT2D eigenvalue weighted by atomic mass is 16.5. The van der Waals surface area contributed by atoms with E-state index in [1.165, 1.54) is 6.33 Å². The number of hydrogen-bond donors (Lipinski definition) is 1. The maximum absolute atomic E-state index is 6.27. The average molecular weight is 482 g/mol. The quantitative estimate of drug-likeness (QED) is 0.406. The zero-order valence-electron chi connectivity index (χ0n) is 19.6. The van der Waals surface area contributed by atoms with E-state index in [-0.39, 0.29) is 6.10 Å². The normalized spacial score (nSPS) is 16.9. The molecule has 2 bridgehead atoms. The molecule has 1 saturated heterocycles. The van der Waals surface area contributed by atoms with Crippen LogP contribution in [0.2, 0.25) is 0 Å². The molecule has 0 unspecified atom stereocenters. The van der Waals surface area contributed by atoms with Gasteiger partial charge in [-0.15, -0.1) is 0 Å². The van der Waals surface area contributed by atoms with Crippen LogP contribution in [0.4, 0.5) is 17.2 Å². The summed E-state index contributed by atoms with van der Waals surface area (Å²) in [6, 6.07) is 13.8. The van der Waals surface area contributed by atoms with E-state index in [0.29, 0.717) is 24.8 Å². The Balaban J connectivity index is 1.21. The van der Waals surface area contributed by atoms with Crippen LogP contribution in [0.15, 0.2) is 61.3 Å². The van der Waals surface area contributed by atoms with Gasteiger partial charge in [0.1, 0.15) is 42.7 Å². The lowest BCUT2D eigenvalue weighted by Gasteiger charge is -2.31. The first-order valence-electron chi connectivity index (χ1n) is 11.8. The summed E-state index contributed by atoms with van der Waals surface area (Å²) in [5.74, 6) is 2.95. The van der Waals surface area contributed by atoms with Crippen molar-refractivity contribution in [3.05, 3.63) is 66.9 Å². The number of nitrogens with zero attached hydrogens (tertiary/aromatic N) is 6. The standard InChI is InChI=1S/C26H23N7O3/c1-16-10-17(2-5-22(16)36-18-6-7-33-23(11-18)28-15-30-33)31-26-24-20(27-14-29-26)3-4-21-25(24)35-13-19-12-32(21)8-9-34-19/h2-7,10-11,14-15,19H,8-9,12-13H2,1H3,(H,27,29,31)/t19-/m1/s1. The van der Waals surface area contributed by atoms with Crippen LogP contribution in [0.3, 0.4) is 0 Å². The van der Waals surface area contributed by atoms with Crippen molar-refractivity contribution >= 4 is 33.7 Å². The minimum atomic E-state index is 0.0582. The van der Waals surface area contributed by atoms with Gasteiger partial charge in [0.25, 0.3) is 0 Å². The van der Waals surface area contributed by atoms with Crippen LogP contribution in [0.5, 0.6) is 17.2 Å². The molecule has 10 nitrogen and oxygen atoms in total. The van der Waals surface area contributed by atoms with Crippen molar-refractivity contribution in [3.8, 4) is 17.2 Å². The zero-order chi connectivity index (χ0) is 24.1. The number of benzene rings is 2. The molecule has 0 aliphatic carbocycles. The molecule has 5 aromatic rings. The fraction of sp³-hybridized carbons (Fsp3) is 0.231. The topological polar surface area (TPSA) is 98.9 Å². The fourth-order valence-corrected chi connectivity index (χ4v) is 4.78. The van der Waals surface area contributed by atoms with Crippen molar-refractivity contribution < 1.29 is 14.2 Å². The Morgan fingerprint density at radius 3 is 2.97 bits per heavy atom. The molecule has 0 radical (unpaired) electrons. The summed E-state index contributed by atoms with van der Waals surface area (Å²) in [7, 11) is 0. The summed E-state index contributed by atoms with van der Waals surface area (Å²) in [5, 5.41) is 8.45. The summed E-state index contributed by atoms with van der Waals surface area (Å²) < 4.78 is 19.9. The van der Waals surface area contributed by atoms with Gasteiger partial charge in [0.2, 0.25) is 0 Å². The molecule has 7 rings (SSSR count). The van der Waals surface area contributed by atoms with Gasteiger partial charge in [-0.05, 0) is 48.9 Å². The molecule has 2 aliphatic rings. The molecule has 2 aromatic carbocycles. The van der Waals surface area contributed by atoms with Crippen molar-refractivity contribution in [2.75, 3.05) is 36.5 Å². The molecule has 10 heteroatoms. The van der Waals surface area contributed by atoms with Crippen LogP contribution < -0.4 is 19.7 Å². The van der Waals surface area contributed by atoms with Crippen molar-refractivity contribution in [3.63, 3.8) is 0 Å². The lowest BCUT2D eigenvalue weighted by atomic mass is 10.1. The summed E-state index contributed by atoms with van der Waals surface area (Å²) in [4.78, 5) is 15.6. The number of fused-ring (bicyclic) bond motifs is 7. The van der Waals surface area contributed by atoms with Crippen LogP contribution in [0.1, 0.15) is 5.56 Å². The predicted octanol–water partition coefficient (Wildman–Crippen LogP) is 4.11. The van der Waals surface area contributed by atoms with Crippen molar-refractivity contribution in [2.24, 2.45) is 0 Å². The van der Waals surface area contributed by atoms with Crippen molar-refractivity contribution in [2.45, 2.75) is 13.0 Å². The third kappa shape index (κ3) is 3.62. The summed E-state index contributed by atoms with van der Waals surface area (Å²) in [6.45, 7) is 4.86. The number of aryl methyl sites for hydroxylation is 1.